The summed E-state index contributed by atoms with van der Waals surface area (Å²) in [4.78, 5) is 18.2. The fraction of sp³-hybridized carbons (Fsp3) is 0.444. The van der Waals surface area contributed by atoms with E-state index in [0.717, 1.165) is 12.4 Å². The fourth-order valence-electron chi connectivity index (χ4n) is 0.682. The van der Waals surface area contributed by atoms with Gasteiger partial charge in [-0.25, -0.2) is 14.4 Å². The molecule has 1 heterocycles. The van der Waals surface area contributed by atoms with E-state index < -0.39 is 17.2 Å². The lowest BCUT2D eigenvalue weighted by Crippen LogP contribution is -2.26. The summed E-state index contributed by atoms with van der Waals surface area (Å²) < 4.78 is 12.5. The van der Waals surface area contributed by atoms with Crippen LogP contribution in [0.25, 0.3) is 0 Å². The fourth-order valence-corrected chi connectivity index (χ4v) is 1.55. The second kappa shape index (κ2) is 4.57. The molecule has 1 aromatic heterocycles. The highest BCUT2D eigenvalue weighted by molar-refractivity contribution is 7.99. The van der Waals surface area contributed by atoms with E-state index in [1.165, 1.54) is 11.8 Å². The Morgan fingerprint density at radius 1 is 1.53 bits per heavy atom. The molecule has 0 amide bonds. The molecule has 1 rings (SSSR count). The number of rotatable bonds is 4. The lowest BCUT2D eigenvalue weighted by Gasteiger charge is -2.17. The van der Waals surface area contributed by atoms with E-state index in [2.05, 4.69) is 9.97 Å². The van der Waals surface area contributed by atoms with Crippen molar-refractivity contribution < 1.29 is 14.3 Å². The Morgan fingerprint density at radius 2 is 2.07 bits per heavy atom. The van der Waals surface area contributed by atoms with Gasteiger partial charge in [-0.15, -0.1) is 0 Å². The summed E-state index contributed by atoms with van der Waals surface area (Å²) in [7, 11) is 0. The van der Waals surface area contributed by atoms with Gasteiger partial charge in [-0.2, -0.15) is 0 Å². The maximum Gasteiger partial charge on any atom is 0.309 e. The van der Waals surface area contributed by atoms with Crippen molar-refractivity contribution in [2.24, 2.45) is 5.41 Å². The third kappa shape index (κ3) is 3.47. The summed E-state index contributed by atoms with van der Waals surface area (Å²) in [6, 6.07) is 0. The monoisotopic (exact) mass is 230 g/mol. The smallest absolute Gasteiger partial charge is 0.309 e. The minimum atomic E-state index is -0.878. The van der Waals surface area contributed by atoms with Gasteiger partial charge in [-0.05, 0) is 13.8 Å². The molecule has 0 spiro atoms. The molecule has 15 heavy (non-hydrogen) atoms. The SMILES string of the molecule is CC(C)(CSc1ncc(F)cn1)C(=O)O. The number of aliphatic carboxylic acids is 1. The zero-order valence-corrected chi connectivity index (χ0v) is 9.21. The molecule has 0 fully saturated rings. The van der Waals surface area contributed by atoms with Crippen molar-refractivity contribution in [3.63, 3.8) is 0 Å². The van der Waals surface area contributed by atoms with E-state index in [9.17, 15) is 9.18 Å². The number of carboxylic acids is 1. The van der Waals surface area contributed by atoms with Crippen molar-refractivity contribution in [3.05, 3.63) is 18.2 Å². The van der Waals surface area contributed by atoms with E-state index in [1.807, 2.05) is 0 Å². The number of hydrogen-bond donors (Lipinski definition) is 1. The molecule has 82 valence electrons. The molecular weight excluding hydrogens is 219 g/mol. The van der Waals surface area contributed by atoms with Crippen LogP contribution in [-0.2, 0) is 4.79 Å². The van der Waals surface area contributed by atoms with Crippen LogP contribution in [0.5, 0.6) is 0 Å². The Labute approximate surface area is 90.9 Å². The van der Waals surface area contributed by atoms with Gasteiger partial charge in [-0.3, -0.25) is 4.79 Å². The van der Waals surface area contributed by atoms with Crippen molar-refractivity contribution in [1.29, 1.82) is 0 Å². The highest BCUT2D eigenvalue weighted by Gasteiger charge is 2.27. The number of thioether (sulfide) groups is 1. The van der Waals surface area contributed by atoms with Gasteiger partial charge >= 0.3 is 5.97 Å². The first-order valence-electron chi connectivity index (χ1n) is 4.25. The normalized spacial score (nSPS) is 11.4. The van der Waals surface area contributed by atoms with Gasteiger partial charge in [0.1, 0.15) is 0 Å². The Bertz CT molecular complexity index is 354. The van der Waals surface area contributed by atoms with Gasteiger partial charge in [0.15, 0.2) is 11.0 Å². The molecule has 0 saturated heterocycles. The van der Waals surface area contributed by atoms with Crippen LogP contribution in [0.15, 0.2) is 17.6 Å². The zero-order valence-electron chi connectivity index (χ0n) is 8.40. The van der Waals surface area contributed by atoms with Crippen molar-refractivity contribution in [2.75, 3.05) is 5.75 Å². The maximum absolute atomic E-state index is 12.5. The Balaban J connectivity index is 2.57. The van der Waals surface area contributed by atoms with Crippen LogP contribution in [0.3, 0.4) is 0 Å². The second-order valence-electron chi connectivity index (χ2n) is 3.66. The molecule has 1 N–H and O–H groups in total. The van der Waals surface area contributed by atoms with Gasteiger partial charge < -0.3 is 5.11 Å². The standard InChI is InChI=1S/C9H11FN2O2S/c1-9(2,7(13)14)5-15-8-11-3-6(10)4-12-8/h3-4H,5H2,1-2H3,(H,13,14). The summed E-state index contributed by atoms with van der Waals surface area (Å²) in [6.07, 6.45) is 2.12. The van der Waals surface area contributed by atoms with Crippen LogP contribution in [0.2, 0.25) is 0 Å². The van der Waals surface area contributed by atoms with E-state index in [-0.39, 0.29) is 0 Å². The topological polar surface area (TPSA) is 63.1 Å². The molecule has 0 radical (unpaired) electrons. The van der Waals surface area contributed by atoms with Gasteiger partial charge in [0.25, 0.3) is 0 Å². The second-order valence-corrected chi connectivity index (χ2v) is 4.60. The number of carbonyl (C=O) groups is 1. The molecule has 0 aliphatic carbocycles. The summed E-state index contributed by atoms with van der Waals surface area (Å²) >= 11 is 1.19. The van der Waals surface area contributed by atoms with Gasteiger partial charge in [-0.1, -0.05) is 11.8 Å². The van der Waals surface area contributed by atoms with Crippen molar-refractivity contribution >= 4 is 17.7 Å². The number of halogens is 1. The molecule has 4 nitrogen and oxygen atoms in total. The minimum Gasteiger partial charge on any atom is -0.481 e. The van der Waals surface area contributed by atoms with E-state index in [4.69, 9.17) is 5.11 Å². The van der Waals surface area contributed by atoms with E-state index >= 15 is 0 Å². The predicted octanol–water partition coefficient (Wildman–Crippen LogP) is 1.82. The highest BCUT2D eigenvalue weighted by Crippen LogP contribution is 2.25. The molecule has 0 saturated carbocycles. The third-order valence-electron chi connectivity index (χ3n) is 1.74. The average Bonchev–Trinajstić information content (AvgIpc) is 2.17. The van der Waals surface area contributed by atoms with Crippen molar-refractivity contribution in [3.8, 4) is 0 Å². The Kier molecular flexibility index (Phi) is 3.62. The molecule has 0 aromatic carbocycles. The lowest BCUT2D eigenvalue weighted by atomic mass is 9.97. The largest absolute Gasteiger partial charge is 0.481 e. The molecule has 1 aromatic rings. The molecule has 0 aliphatic rings. The first-order valence-corrected chi connectivity index (χ1v) is 5.24. The lowest BCUT2D eigenvalue weighted by molar-refractivity contribution is -0.145. The summed E-state index contributed by atoms with van der Waals surface area (Å²) in [5.41, 5.74) is -0.845. The van der Waals surface area contributed by atoms with Crippen LogP contribution in [0.1, 0.15) is 13.8 Å². The van der Waals surface area contributed by atoms with Gasteiger partial charge in [0.2, 0.25) is 0 Å². The maximum atomic E-state index is 12.5. The number of aromatic nitrogens is 2. The van der Waals surface area contributed by atoms with Crippen LogP contribution in [0, 0.1) is 11.2 Å². The first kappa shape index (κ1) is 11.9. The van der Waals surface area contributed by atoms with Crippen molar-refractivity contribution in [2.45, 2.75) is 19.0 Å². The van der Waals surface area contributed by atoms with Crippen LogP contribution in [-0.4, -0.2) is 26.8 Å². The zero-order chi connectivity index (χ0) is 11.5. The first-order chi connectivity index (χ1) is 6.92. The molecule has 0 bridgehead atoms. The Morgan fingerprint density at radius 3 is 2.53 bits per heavy atom. The Hall–Kier alpha value is -1.17. The minimum absolute atomic E-state index is 0.341. The predicted molar refractivity (Wildman–Crippen MR) is 54.1 cm³/mol. The van der Waals surface area contributed by atoms with Crippen molar-refractivity contribution in [1.82, 2.24) is 9.97 Å². The number of hydrogen-bond acceptors (Lipinski definition) is 4. The quantitative estimate of drug-likeness (QED) is 0.631. The van der Waals surface area contributed by atoms with Crippen LogP contribution < -0.4 is 0 Å². The van der Waals surface area contributed by atoms with Crippen LogP contribution >= 0.6 is 11.8 Å². The number of carboxylic acid groups (broad SMARTS) is 1. The van der Waals surface area contributed by atoms with E-state index in [0.29, 0.717) is 10.9 Å². The third-order valence-corrected chi connectivity index (χ3v) is 3.07. The summed E-state index contributed by atoms with van der Waals surface area (Å²) in [6.45, 7) is 3.23. The molecule has 6 heteroatoms. The van der Waals surface area contributed by atoms with E-state index in [1.54, 1.807) is 13.8 Å². The van der Waals surface area contributed by atoms with Gasteiger partial charge in [0, 0.05) is 5.75 Å². The highest BCUT2D eigenvalue weighted by atomic mass is 32.2. The molecular formula is C9H11FN2O2S. The summed E-state index contributed by atoms with van der Waals surface area (Å²) in [5, 5.41) is 9.23. The summed E-state index contributed by atoms with van der Waals surface area (Å²) in [5.74, 6) is -1.04. The van der Waals surface area contributed by atoms with Crippen LogP contribution in [0.4, 0.5) is 4.39 Å². The number of nitrogens with zero attached hydrogens (tertiary/aromatic N) is 2. The van der Waals surface area contributed by atoms with Gasteiger partial charge in [0.05, 0.1) is 17.8 Å². The molecule has 0 aliphatic heterocycles. The molecule has 0 atom stereocenters. The molecule has 0 unspecified atom stereocenters. The average molecular weight is 230 g/mol.